The zero-order chi connectivity index (χ0) is 25.3. The second kappa shape index (κ2) is 9.43. The third-order valence-corrected chi connectivity index (χ3v) is 7.47. The normalized spacial score (nSPS) is 23.1. The van der Waals surface area contributed by atoms with E-state index in [-0.39, 0.29) is 11.9 Å². The fourth-order valence-electron chi connectivity index (χ4n) is 5.79. The van der Waals surface area contributed by atoms with Crippen LogP contribution in [-0.4, -0.2) is 39.9 Å². The molecule has 2 heterocycles. The molecule has 5 rings (SSSR count). The maximum absolute atomic E-state index is 14.9. The van der Waals surface area contributed by atoms with Crippen LogP contribution in [0.5, 0.6) is 0 Å². The summed E-state index contributed by atoms with van der Waals surface area (Å²) in [4.78, 5) is 33.9. The second-order valence-corrected chi connectivity index (χ2v) is 9.53. The van der Waals surface area contributed by atoms with Crippen LogP contribution >= 0.6 is 0 Å². The topological polar surface area (TPSA) is 64.1 Å². The number of amides is 3. The summed E-state index contributed by atoms with van der Waals surface area (Å²) in [5.74, 6) is -0.315. The molecule has 2 aliphatic heterocycles. The maximum atomic E-state index is 14.9. The number of carbonyl (C=O) groups is 2. The molecule has 1 saturated heterocycles. The van der Waals surface area contributed by atoms with Crippen LogP contribution < -0.4 is 4.90 Å². The molecule has 0 aliphatic carbocycles. The lowest BCUT2D eigenvalue weighted by atomic mass is 9.76. The minimum atomic E-state index is -1.88. The van der Waals surface area contributed by atoms with Gasteiger partial charge in [0.2, 0.25) is 11.3 Å². The van der Waals surface area contributed by atoms with Gasteiger partial charge in [-0.2, -0.15) is 0 Å². The van der Waals surface area contributed by atoms with Crippen LogP contribution in [0.3, 0.4) is 0 Å². The van der Waals surface area contributed by atoms with Crippen LogP contribution in [0.15, 0.2) is 84.9 Å². The minimum Gasteiger partial charge on any atom is -0.364 e. The number of hydrogen-bond acceptors (Lipinski definition) is 3. The lowest BCUT2D eigenvalue weighted by Gasteiger charge is -2.44. The van der Waals surface area contributed by atoms with E-state index < -0.39 is 11.3 Å². The predicted octanol–water partition coefficient (Wildman–Crippen LogP) is 5.74. The van der Waals surface area contributed by atoms with Crippen molar-refractivity contribution in [1.29, 1.82) is 0 Å². The Morgan fingerprint density at radius 2 is 1.28 bits per heavy atom. The van der Waals surface area contributed by atoms with Gasteiger partial charge >= 0.3 is 6.03 Å². The lowest BCUT2D eigenvalue weighted by Crippen LogP contribution is -2.62. The van der Waals surface area contributed by atoms with Crippen molar-refractivity contribution in [3.8, 4) is 0 Å². The van der Waals surface area contributed by atoms with E-state index in [1.807, 2.05) is 84.9 Å². The van der Waals surface area contributed by atoms with Gasteiger partial charge in [0.1, 0.15) is 0 Å². The van der Waals surface area contributed by atoms with Gasteiger partial charge in [0, 0.05) is 29.9 Å². The number of aliphatic hydroxyl groups is 1. The average molecular weight is 484 g/mol. The zero-order valence-corrected chi connectivity index (χ0v) is 20.9. The number of unbranched alkanes of at least 4 members (excludes halogenated alkanes) is 2. The summed E-state index contributed by atoms with van der Waals surface area (Å²) in [7, 11) is 0. The molecule has 0 unspecified atom stereocenters. The van der Waals surface area contributed by atoms with E-state index in [0.717, 1.165) is 25.7 Å². The molecule has 186 valence electrons. The van der Waals surface area contributed by atoms with Crippen molar-refractivity contribution in [2.75, 3.05) is 18.0 Å². The largest absolute Gasteiger partial charge is 0.364 e. The van der Waals surface area contributed by atoms with Crippen molar-refractivity contribution in [2.24, 2.45) is 0 Å². The van der Waals surface area contributed by atoms with E-state index >= 15 is 0 Å². The van der Waals surface area contributed by atoms with Gasteiger partial charge < -0.3 is 10.0 Å². The Bertz CT molecular complexity index is 1250. The fraction of sp³-hybridized carbons (Fsp3) is 0.333. The van der Waals surface area contributed by atoms with Crippen molar-refractivity contribution in [1.82, 2.24) is 9.80 Å². The molecule has 3 amide bonds. The van der Waals surface area contributed by atoms with Crippen LogP contribution in [0.4, 0.5) is 16.2 Å². The molecule has 36 heavy (non-hydrogen) atoms. The molecule has 0 aromatic heterocycles. The second-order valence-electron chi connectivity index (χ2n) is 9.53. The first-order chi connectivity index (χ1) is 17.5. The molecule has 1 N–H and O–H groups in total. The highest BCUT2D eigenvalue weighted by molar-refractivity contribution is 6.16. The van der Waals surface area contributed by atoms with Gasteiger partial charge in [-0.25, -0.2) is 4.79 Å². The summed E-state index contributed by atoms with van der Waals surface area (Å²) in [5, 5.41) is 12.9. The van der Waals surface area contributed by atoms with Crippen molar-refractivity contribution < 1.29 is 14.7 Å². The van der Waals surface area contributed by atoms with Gasteiger partial charge in [0.25, 0.3) is 5.91 Å². The van der Waals surface area contributed by atoms with E-state index in [4.69, 9.17) is 0 Å². The summed E-state index contributed by atoms with van der Waals surface area (Å²) < 4.78 is 0. The first kappa shape index (κ1) is 24.1. The Morgan fingerprint density at radius 3 is 1.92 bits per heavy atom. The van der Waals surface area contributed by atoms with Gasteiger partial charge in [-0.15, -0.1) is 0 Å². The smallest absolute Gasteiger partial charge is 0.323 e. The molecule has 3 aromatic rings. The number of benzene rings is 3. The number of hydrogen-bond donors (Lipinski definition) is 1. The number of anilines is 2. The Kier molecular flexibility index (Phi) is 6.31. The Labute approximate surface area is 212 Å². The molecule has 6 heteroatoms. The highest BCUT2D eigenvalue weighted by atomic mass is 16.3. The first-order valence-electron chi connectivity index (χ1n) is 12.9. The van der Waals surface area contributed by atoms with Crippen molar-refractivity contribution in [2.45, 2.75) is 50.8 Å². The molecular weight excluding hydrogens is 450 g/mol. The number of carbonyl (C=O) groups excluding carboxylic acids is 2. The van der Waals surface area contributed by atoms with Crippen LogP contribution in [0, 0.1) is 0 Å². The maximum Gasteiger partial charge on any atom is 0.323 e. The molecule has 3 aromatic carbocycles. The van der Waals surface area contributed by atoms with Crippen molar-refractivity contribution in [3.63, 3.8) is 0 Å². The molecule has 0 radical (unpaired) electrons. The van der Waals surface area contributed by atoms with Crippen molar-refractivity contribution in [3.05, 3.63) is 96.1 Å². The SMILES string of the molecule is CCCCN1C(=O)N(CCCC)[C@@]2(C(=O)N(c3ccccc3)c3ccccc32)[C@@]1(O)c1ccccc1. The number of para-hydroxylation sites is 2. The zero-order valence-electron chi connectivity index (χ0n) is 20.9. The van der Waals surface area contributed by atoms with Crippen LogP contribution in [0.25, 0.3) is 0 Å². The number of nitrogens with zero attached hydrogens (tertiary/aromatic N) is 3. The first-order valence-corrected chi connectivity index (χ1v) is 12.9. The highest BCUT2D eigenvalue weighted by Gasteiger charge is 2.75. The highest BCUT2D eigenvalue weighted by Crippen LogP contribution is 2.60. The van der Waals surface area contributed by atoms with E-state index in [9.17, 15) is 14.7 Å². The monoisotopic (exact) mass is 483 g/mol. The van der Waals surface area contributed by atoms with Gasteiger partial charge in [-0.05, 0) is 31.0 Å². The third kappa shape index (κ3) is 3.21. The molecule has 0 saturated carbocycles. The van der Waals surface area contributed by atoms with E-state index in [2.05, 4.69) is 13.8 Å². The summed E-state index contributed by atoms with van der Waals surface area (Å²) >= 11 is 0. The standard InChI is InChI=1S/C30H33N3O3/c1-3-5-21-31-28(35)32(22-6-4-2)30(36,23-15-9-7-10-16-23)29(31)25-19-13-14-20-26(25)33(27(29)34)24-17-11-8-12-18-24/h7-20,36H,3-6,21-22H2,1-2H3/t29-,30-/m0/s1. The minimum absolute atomic E-state index is 0.304. The Balaban J connectivity index is 1.84. The Hall–Kier alpha value is -3.64. The van der Waals surface area contributed by atoms with Gasteiger partial charge in [-0.1, -0.05) is 93.4 Å². The van der Waals surface area contributed by atoms with Crippen molar-refractivity contribution >= 4 is 23.3 Å². The molecular formula is C30H33N3O3. The molecule has 2 atom stereocenters. The summed E-state index contributed by atoms with van der Waals surface area (Å²) in [6, 6.07) is 25.9. The van der Waals surface area contributed by atoms with E-state index in [0.29, 0.717) is 35.6 Å². The van der Waals surface area contributed by atoms with E-state index in [1.165, 1.54) is 4.90 Å². The third-order valence-electron chi connectivity index (χ3n) is 7.47. The Morgan fingerprint density at radius 1 is 0.722 bits per heavy atom. The number of urea groups is 1. The van der Waals surface area contributed by atoms with Crippen LogP contribution in [0.1, 0.15) is 50.7 Å². The lowest BCUT2D eigenvalue weighted by molar-refractivity contribution is -0.164. The van der Waals surface area contributed by atoms with E-state index in [1.54, 1.807) is 9.80 Å². The number of rotatable bonds is 8. The fourth-order valence-corrected chi connectivity index (χ4v) is 5.79. The summed E-state index contributed by atoms with van der Waals surface area (Å²) in [6.07, 6.45) is 3.16. The molecule has 0 bridgehead atoms. The predicted molar refractivity (Wildman–Crippen MR) is 141 cm³/mol. The molecule has 6 nitrogen and oxygen atoms in total. The molecule has 2 aliphatic rings. The van der Waals surface area contributed by atoms with Gasteiger partial charge in [0.05, 0.1) is 5.69 Å². The van der Waals surface area contributed by atoms with Gasteiger partial charge in [-0.3, -0.25) is 14.6 Å². The molecule has 1 fully saturated rings. The van der Waals surface area contributed by atoms with Crippen LogP contribution in [-0.2, 0) is 16.1 Å². The molecule has 1 spiro atoms. The van der Waals surface area contributed by atoms with Gasteiger partial charge in [0.15, 0.2) is 0 Å². The summed E-state index contributed by atoms with van der Waals surface area (Å²) in [5.41, 5.74) is -0.932. The quantitative estimate of drug-likeness (QED) is 0.444. The average Bonchev–Trinajstić information content (AvgIpc) is 3.29. The summed E-state index contributed by atoms with van der Waals surface area (Å²) in [6.45, 7) is 4.84. The number of fused-ring (bicyclic) bond motifs is 2. The van der Waals surface area contributed by atoms with Crippen LogP contribution in [0.2, 0.25) is 0 Å².